The molecule has 0 aromatic heterocycles. The van der Waals surface area contributed by atoms with Crippen LogP contribution in [-0.4, -0.2) is 23.9 Å². The average Bonchev–Trinajstić information content (AvgIpc) is 2.86. The number of hydrogen-bond donors (Lipinski definition) is 0. The zero-order valence-electron chi connectivity index (χ0n) is 7.80. The van der Waals surface area contributed by atoms with E-state index in [0.29, 0.717) is 6.10 Å². The molecule has 0 unspecified atom stereocenters. The molecule has 0 spiro atoms. The van der Waals surface area contributed by atoms with Gasteiger partial charge in [-0.2, -0.15) is 0 Å². The van der Waals surface area contributed by atoms with Gasteiger partial charge < -0.3 is 9.47 Å². The summed E-state index contributed by atoms with van der Waals surface area (Å²) in [6, 6.07) is 0. The Hall–Kier alpha value is -0.0800. The molecule has 3 fully saturated rings. The van der Waals surface area contributed by atoms with Gasteiger partial charge in [0, 0.05) is 0 Å². The summed E-state index contributed by atoms with van der Waals surface area (Å²) in [5.41, 5.74) is 0.495. The first-order chi connectivity index (χ1) is 5.62. The predicted octanol–water partition coefficient (Wildman–Crippen LogP) is 1.73. The van der Waals surface area contributed by atoms with Crippen molar-refractivity contribution in [2.45, 2.75) is 50.4 Å². The highest BCUT2D eigenvalue weighted by Crippen LogP contribution is 2.54. The van der Waals surface area contributed by atoms with Crippen LogP contribution in [0.15, 0.2) is 0 Å². The summed E-state index contributed by atoms with van der Waals surface area (Å²) in [5, 5.41) is 0. The molecule has 2 heteroatoms. The SMILES string of the molecule is C[C@@]1([C@H]2CC[C@]3(C)O[C@@H]3C2)CO1. The molecular weight excluding hydrogens is 152 g/mol. The summed E-state index contributed by atoms with van der Waals surface area (Å²) >= 11 is 0. The van der Waals surface area contributed by atoms with E-state index in [-0.39, 0.29) is 11.2 Å². The van der Waals surface area contributed by atoms with Crippen LogP contribution in [0.5, 0.6) is 0 Å². The first kappa shape index (κ1) is 7.34. The van der Waals surface area contributed by atoms with Crippen molar-refractivity contribution in [2.24, 2.45) is 5.92 Å². The fourth-order valence-corrected chi connectivity index (χ4v) is 2.55. The third-order valence-electron chi connectivity index (χ3n) is 3.99. The predicted molar refractivity (Wildman–Crippen MR) is 45.0 cm³/mol. The summed E-state index contributed by atoms with van der Waals surface area (Å²) < 4.78 is 11.1. The van der Waals surface area contributed by atoms with E-state index in [1.54, 1.807) is 0 Å². The monoisotopic (exact) mass is 168 g/mol. The Morgan fingerprint density at radius 2 is 2.00 bits per heavy atom. The van der Waals surface area contributed by atoms with Crippen LogP contribution in [0.1, 0.15) is 33.1 Å². The first-order valence-electron chi connectivity index (χ1n) is 4.94. The van der Waals surface area contributed by atoms with Gasteiger partial charge in [0.2, 0.25) is 0 Å². The Bertz CT molecular complexity index is 222. The number of hydrogen-bond acceptors (Lipinski definition) is 2. The molecule has 3 aliphatic rings. The molecule has 3 rings (SSSR count). The van der Waals surface area contributed by atoms with E-state index in [4.69, 9.17) is 9.47 Å². The van der Waals surface area contributed by atoms with Crippen molar-refractivity contribution in [3.63, 3.8) is 0 Å². The van der Waals surface area contributed by atoms with Crippen LogP contribution in [-0.2, 0) is 9.47 Å². The third kappa shape index (κ3) is 0.882. The highest BCUT2D eigenvalue weighted by molar-refractivity contribution is 5.08. The van der Waals surface area contributed by atoms with Crippen molar-refractivity contribution >= 4 is 0 Å². The molecule has 2 saturated heterocycles. The number of ether oxygens (including phenoxy) is 2. The zero-order chi connectivity index (χ0) is 8.40. The van der Waals surface area contributed by atoms with Gasteiger partial charge in [0.05, 0.1) is 23.9 Å². The Kier molecular flexibility index (Phi) is 1.15. The van der Waals surface area contributed by atoms with Crippen LogP contribution in [0.25, 0.3) is 0 Å². The van der Waals surface area contributed by atoms with E-state index in [0.717, 1.165) is 12.5 Å². The first-order valence-corrected chi connectivity index (χ1v) is 4.94. The Morgan fingerprint density at radius 3 is 2.58 bits per heavy atom. The molecule has 0 aromatic carbocycles. The lowest BCUT2D eigenvalue weighted by molar-refractivity contribution is 0.191. The molecule has 0 amide bonds. The van der Waals surface area contributed by atoms with Crippen molar-refractivity contribution < 1.29 is 9.47 Å². The van der Waals surface area contributed by atoms with Crippen molar-refractivity contribution in [2.75, 3.05) is 6.61 Å². The molecule has 0 bridgehead atoms. The smallest absolute Gasteiger partial charge is 0.0920 e. The van der Waals surface area contributed by atoms with Gasteiger partial charge in [-0.15, -0.1) is 0 Å². The van der Waals surface area contributed by atoms with Gasteiger partial charge >= 0.3 is 0 Å². The normalized spacial score (nSPS) is 62.5. The molecular formula is C10H16O2. The third-order valence-corrected chi connectivity index (χ3v) is 3.99. The standard InChI is InChI=1S/C10H16O2/c1-9-4-3-7(5-8(9)12-9)10(2)6-11-10/h7-8H,3-6H2,1-2H3/t7-,8+,9-,10-/m0/s1. The highest BCUT2D eigenvalue weighted by atomic mass is 16.6. The summed E-state index contributed by atoms with van der Waals surface area (Å²) in [6.07, 6.45) is 4.31. The zero-order valence-corrected chi connectivity index (χ0v) is 7.80. The minimum atomic E-state index is 0.229. The van der Waals surface area contributed by atoms with E-state index in [1.807, 2.05) is 0 Å². The second-order valence-electron chi connectivity index (χ2n) is 4.99. The maximum atomic E-state index is 5.66. The largest absolute Gasteiger partial charge is 0.370 e. The van der Waals surface area contributed by atoms with Gasteiger partial charge in [0.25, 0.3) is 0 Å². The summed E-state index contributed by atoms with van der Waals surface area (Å²) in [4.78, 5) is 0. The molecule has 68 valence electrons. The quantitative estimate of drug-likeness (QED) is 0.557. The maximum absolute atomic E-state index is 5.66. The summed E-state index contributed by atoms with van der Waals surface area (Å²) in [6.45, 7) is 5.45. The lowest BCUT2D eigenvalue weighted by Crippen LogP contribution is -2.29. The van der Waals surface area contributed by atoms with E-state index < -0.39 is 0 Å². The van der Waals surface area contributed by atoms with Crippen molar-refractivity contribution in [1.82, 2.24) is 0 Å². The minimum absolute atomic E-state index is 0.229. The van der Waals surface area contributed by atoms with E-state index >= 15 is 0 Å². The van der Waals surface area contributed by atoms with Crippen molar-refractivity contribution in [3.8, 4) is 0 Å². The van der Waals surface area contributed by atoms with Gasteiger partial charge in [-0.1, -0.05) is 0 Å². The molecule has 4 atom stereocenters. The van der Waals surface area contributed by atoms with Crippen LogP contribution in [0.2, 0.25) is 0 Å². The van der Waals surface area contributed by atoms with Gasteiger partial charge in [0.1, 0.15) is 0 Å². The van der Waals surface area contributed by atoms with Crippen molar-refractivity contribution in [3.05, 3.63) is 0 Å². The molecule has 0 N–H and O–H groups in total. The number of fused-ring (bicyclic) bond motifs is 1. The summed E-state index contributed by atoms with van der Waals surface area (Å²) in [5.74, 6) is 0.762. The Balaban J connectivity index is 1.70. The summed E-state index contributed by atoms with van der Waals surface area (Å²) in [7, 11) is 0. The Morgan fingerprint density at radius 1 is 1.25 bits per heavy atom. The number of rotatable bonds is 1. The maximum Gasteiger partial charge on any atom is 0.0920 e. The second kappa shape index (κ2) is 1.88. The average molecular weight is 168 g/mol. The van der Waals surface area contributed by atoms with Crippen LogP contribution in [0.3, 0.4) is 0 Å². The molecule has 2 nitrogen and oxygen atoms in total. The van der Waals surface area contributed by atoms with Gasteiger partial charge in [-0.25, -0.2) is 0 Å². The van der Waals surface area contributed by atoms with Crippen LogP contribution < -0.4 is 0 Å². The van der Waals surface area contributed by atoms with Gasteiger partial charge in [-0.05, 0) is 39.0 Å². The number of epoxide rings is 2. The van der Waals surface area contributed by atoms with Gasteiger partial charge in [-0.3, -0.25) is 0 Å². The fourth-order valence-electron chi connectivity index (χ4n) is 2.55. The molecule has 1 saturated carbocycles. The van der Waals surface area contributed by atoms with E-state index in [2.05, 4.69) is 13.8 Å². The molecule has 1 aliphatic carbocycles. The molecule has 2 aliphatic heterocycles. The van der Waals surface area contributed by atoms with Crippen LogP contribution in [0, 0.1) is 5.92 Å². The minimum Gasteiger partial charge on any atom is -0.370 e. The molecule has 0 radical (unpaired) electrons. The molecule has 12 heavy (non-hydrogen) atoms. The lowest BCUT2D eigenvalue weighted by Gasteiger charge is -2.25. The second-order valence-corrected chi connectivity index (χ2v) is 4.99. The lowest BCUT2D eigenvalue weighted by atomic mass is 9.77. The van der Waals surface area contributed by atoms with Gasteiger partial charge in [0.15, 0.2) is 0 Å². The molecule has 2 heterocycles. The Labute approximate surface area is 73.2 Å². The highest BCUT2D eigenvalue weighted by Gasteiger charge is 2.60. The van der Waals surface area contributed by atoms with Crippen molar-refractivity contribution in [1.29, 1.82) is 0 Å². The molecule has 0 aromatic rings. The topological polar surface area (TPSA) is 25.1 Å². The fraction of sp³-hybridized carbons (Fsp3) is 1.00. The van der Waals surface area contributed by atoms with E-state index in [1.165, 1.54) is 19.3 Å². The van der Waals surface area contributed by atoms with Crippen LogP contribution in [0.4, 0.5) is 0 Å². The van der Waals surface area contributed by atoms with E-state index in [9.17, 15) is 0 Å². The van der Waals surface area contributed by atoms with Crippen LogP contribution >= 0.6 is 0 Å².